The number of ketones is 1. The zero-order valence-electron chi connectivity index (χ0n) is 9.83. The van der Waals surface area contributed by atoms with E-state index in [-0.39, 0.29) is 12.0 Å². The number of carbonyl (C=O) groups is 1. The molecule has 0 radical (unpaired) electrons. The van der Waals surface area contributed by atoms with Gasteiger partial charge in [-0.3, -0.25) is 4.79 Å². The minimum Gasteiger partial charge on any atom is -0.396 e. The van der Waals surface area contributed by atoms with Crippen LogP contribution in [-0.4, -0.2) is 17.5 Å². The highest BCUT2D eigenvalue weighted by molar-refractivity contribution is 5.83. The Bertz CT molecular complexity index is 261. The molecule has 0 heterocycles. The van der Waals surface area contributed by atoms with Gasteiger partial charge in [0.25, 0.3) is 0 Å². The molecule has 2 saturated carbocycles. The van der Waals surface area contributed by atoms with Crippen LogP contribution < -0.4 is 0 Å². The van der Waals surface area contributed by atoms with E-state index in [4.69, 9.17) is 0 Å². The molecule has 86 valence electrons. The van der Waals surface area contributed by atoms with E-state index in [9.17, 15) is 9.90 Å². The van der Waals surface area contributed by atoms with Crippen LogP contribution in [-0.2, 0) is 4.79 Å². The average molecular weight is 210 g/mol. The number of hydrogen-bond acceptors (Lipinski definition) is 2. The predicted octanol–water partition coefficient (Wildman–Crippen LogP) is 2.40. The summed E-state index contributed by atoms with van der Waals surface area (Å²) in [6, 6.07) is 0. The second-order valence-electron chi connectivity index (χ2n) is 5.72. The van der Waals surface area contributed by atoms with Gasteiger partial charge in [0.2, 0.25) is 0 Å². The zero-order chi connectivity index (χ0) is 11.1. The third kappa shape index (κ3) is 1.63. The molecule has 2 aliphatic carbocycles. The van der Waals surface area contributed by atoms with Gasteiger partial charge in [-0.05, 0) is 42.9 Å². The van der Waals surface area contributed by atoms with Crippen molar-refractivity contribution in [2.45, 2.75) is 46.0 Å². The fourth-order valence-corrected chi connectivity index (χ4v) is 4.03. The highest BCUT2D eigenvalue weighted by atomic mass is 16.3. The highest BCUT2D eigenvalue weighted by Gasteiger charge is 2.52. The van der Waals surface area contributed by atoms with Gasteiger partial charge >= 0.3 is 0 Å². The molecule has 2 fully saturated rings. The van der Waals surface area contributed by atoms with Crippen molar-refractivity contribution in [1.29, 1.82) is 0 Å². The molecule has 2 nitrogen and oxygen atoms in total. The number of hydrogen-bond donors (Lipinski definition) is 1. The van der Waals surface area contributed by atoms with Crippen LogP contribution in [0.15, 0.2) is 0 Å². The average Bonchev–Trinajstić information content (AvgIpc) is 2.56. The standard InChI is InChI=1S/C13H22O2/c1-9(8-14)10-5-6-11-12(15)4-3-7-13(10,11)2/h9-11,14H,3-8H2,1-2H3/t9?,10?,11?,13-/m1/s1. The maximum Gasteiger partial charge on any atom is 0.136 e. The molecule has 0 spiro atoms. The first-order chi connectivity index (χ1) is 7.09. The van der Waals surface area contributed by atoms with Crippen molar-refractivity contribution in [3.05, 3.63) is 0 Å². The van der Waals surface area contributed by atoms with E-state index in [0.717, 1.165) is 25.7 Å². The molecule has 0 aromatic rings. The van der Waals surface area contributed by atoms with Gasteiger partial charge < -0.3 is 5.11 Å². The van der Waals surface area contributed by atoms with Crippen molar-refractivity contribution in [3.63, 3.8) is 0 Å². The van der Waals surface area contributed by atoms with Crippen LogP contribution in [0.3, 0.4) is 0 Å². The molecule has 2 rings (SSSR count). The molecule has 0 aromatic carbocycles. The van der Waals surface area contributed by atoms with Gasteiger partial charge in [0.05, 0.1) is 0 Å². The number of carbonyl (C=O) groups excluding carboxylic acids is 1. The maximum absolute atomic E-state index is 11.9. The number of aliphatic hydroxyl groups is 1. The smallest absolute Gasteiger partial charge is 0.136 e. The summed E-state index contributed by atoms with van der Waals surface area (Å²) in [6.07, 6.45) is 5.22. The molecule has 0 bridgehead atoms. The molecular weight excluding hydrogens is 188 g/mol. The second-order valence-corrected chi connectivity index (χ2v) is 5.72. The van der Waals surface area contributed by atoms with Crippen LogP contribution in [0.2, 0.25) is 0 Å². The summed E-state index contributed by atoms with van der Waals surface area (Å²) in [7, 11) is 0. The lowest BCUT2D eigenvalue weighted by Crippen LogP contribution is -2.39. The normalized spacial score (nSPS) is 42.7. The van der Waals surface area contributed by atoms with Gasteiger partial charge in [0, 0.05) is 18.9 Å². The van der Waals surface area contributed by atoms with Crippen LogP contribution in [0.4, 0.5) is 0 Å². The Morgan fingerprint density at radius 3 is 2.93 bits per heavy atom. The first kappa shape index (κ1) is 11.1. The Kier molecular flexibility index (Phi) is 2.89. The maximum atomic E-state index is 11.9. The first-order valence-electron chi connectivity index (χ1n) is 6.23. The number of Topliss-reactive ketones (excluding diaryl/α,β-unsaturated/α-hetero) is 1. The van der Waals surface area contributed by atoms with Crippen molar-refractivity contribution in [2.24, 2.45) is 23.2 Å². The van der Waals surface area contributed by atoms with Crippen LogP contribution >= 0.6 is 0 Å². The Labute approximate surface area is 92.1 Å². The fraction of sp³-hybridized carbons (Fsp3) is 0.923. The molecule has 0 aromatic heterocycles. The molecule has 4 atom stereocenters. The van der Waals surface area contributed by atoms with E-state index >= 15 is 0 Å². The zero-order valence-corrected chi connectivity index (χ0v) is 9.83. The summed E-state index contributed by atoms with van der Waals surface area (Å²) in [5, 5.41) is 9.28. The van der Waals surface area contributed by atoms with E-state index in [0.29, 0.717) is 23.5 Å². The van der Waals surface area contributed by atoms with Gasteiger partial charge in [0.15, 0.2) is 0 Å². The molecule has 0 amide bonds. The predicted molar refractivity (Wildman–Crippen MR) is 59.4 cm³/mol. The molecule has 0 aliphatic heterocycles. The summed E-state index contributed by atoms with van der Waals surface area (Å²) in [5.74, 6) is 1.68. The van der Waals surface area contributed by atoms with E-state index in [1.165, 1.54) is 6.42 Å². The minimum absolute atomic E-state index is 0.192. The summed E-state index contributed by atoms with van der Waals surface area (Å²) in [6.45, 7) is 4.66. The molecule has 2 heteroatoms. The quantitative estimate of drug-likeness (QED) is 0.760. The van der Waals surface area contributed by atoms with E-state index in [2.05, 4.69) is 13.8 Å². The van der Waals surface area contributed by atoms with Crippen molar-refractivity contribution < 1.29 is 9.90 Å². The van der Waals surface area contributed by atoms with Gasteiger partial charge in [-0.15, -0.1) is 0 Å². The minimum atomic E-state index is 0.192. The van der Waals surface area contributed by atoms with Gasteiger partial charge in [0.1, 0.15) is 5.78 Å². The first-order valence-corrected chi connectivity index (χ1v) is 6.23. The largest absolute Gasteiger partial charge is 0.396 e. The summed E-state index contributed by atoms with van der Waals surface area (Å²) >= 11 is 0. The topological polar surface area (TPSA) is 37.3 Å². The number of fused-ring (bicyclic) bond motifs is 1. The summed E-state index contributed by atoms with van der Waals surface area (Å²) in [5.41, 5.74) is 0.192. The van der Waals surface area contributed by atoms with Gasteiger partial charge in [-0.25, -0.2) is 0 Å². The summed E-state index contributed by atoms with van der Waals surface area (Å²) in [4.78, 5) is 11.9. The second kappa shape index (κ2) is 3.89. The van der Waals surface area contributed by atoms with E-state index < -0.39 is 0 Å². The molecule has 1 N–H and O–H groups in total. The van der Waals surface area contributed by atoms with Crippen molar-refractivity contribution >= 4 is 5.78 Å². The Morgan fingerprint density at radius 2 is 2.27 bits per heavy atom. The lowest BCUT2D eigenvalue weighted by molar-refractivity contribution is -0.130. The van der Waals surface area contributed by atoms with Gasteiger partial charge in [-0.2, -0.15) is 0 Å². The molecule has 3 unspecified atom stereocenters. The summed E-state index contributed by atoms with van der Waals surface area (Å²) < 4.78 is 0. The van der Waals surface area contributed by atoms with E-state index in [1.807, 2.05) is 0 Å². The van der Waals surface area contributed by atoms with Gasteiger partial charge in [-0.1, -0.05) is 13.8 Å². The van der Waals surface area contributed by atoms with Crippen LogP contribution in [0.5, 0.6) is 0 Å². The third-order valence-corrected chi connectivity index (χ3v) is 4.91. The molecule has 15 heavy (non-hydrogen) atoms. The van der Waals surface area contributed by atoms with Crippen molar-refractivity contribution in [2.75, 3.05) is 6.61 Å². The van der Waals surface area contributed by atoms with Crippen molar-refractivity contribution in [3.8, 4) is 0 Å². The number of aliphatic hydroxyl groups excluding tert-OH is 1. The Morgan fingerprint density at radius 1 is 1.53 bits per heavy atom. The van der Waals surface area contributed by atoms with Crippen LogP contribution in [0.1, 0.15) is 46.0 Å². The Hall–Kier alpha value is -0.370. The monoisotopic (exact) mass is 210 g/mol. The molecule has 2 aliphatic rings. The van der Waals surface area contributed by atoms with Crippen molar-refractivity contribution in [1.82, 2.24) is 0 Å². The van der Waals surface area contributed by atoms with Crippen LogP contribution in [0, 0.1) is 23.2 Å². The number of rotatable bonds is 2. The fourth-order valence-electron chi connectivity index (χ4n) is 4.03. The SMILES string of the molecule is CC(CO)C1CCC2C(=O)CCC[C@@]21C. The molecular formula is C13H22O2. The molecule has 0 saturated heterocycles. The Balaban J connectivity index is 2.21. The van der Waals surface area contributed by atoms with Crippen LogP contribution in [0.25, 0.3) is 0 Å². The third-order valence-electron chi connectivity index (χ3n) is 4.91. The lowest BCUT2D eigenvalue weighted by atomic mass is 9.62. The lowest BCUT2D eigenvalue weighted by Gasteiger charge is -2.41. The highest BCUT2D eigenvalue weighted by Crippen LogP contribution is 2.56. The van der Waals surface area contributed by atoms with E-state index in [1.54, 1.807) is 0 Å².